The van der Waals surface area contributed by atoms with Crippen molar-refractivity contribution in [1.82, 2.24) is 15.1 Å². The van der Waals surface area contributed by atoms with E-state index in [0.29, 0.717) is 12.5 Å². The van der Waals surface area contributed by atoms with Crippen LogP contribution in [0.1, 0.15) is 37.5 Å². The van der Waals surface area contributed by atoms with Gasteiger partial charge in [-0.1, -0.05) is 6.07 Å². The number of piperidine rings is 2. The van der Waals surface area contributed by atoms with E-state index in [1.807, 2.05) is 25.3 Å². The van der Waals surface area contributed by atoms with Gasteiger partial charge in [0.15, 0.2) is 5.96 Å². The second kappa shape index (κ2) is 10.8. The predicted octanol–water partition coefficient (Wildman–Crippen LogP) is 2.81. The Labute approximate surface area is 173 Å². The molecule has 0 atom stereocenters. The summed E-state index contributed by atoms with van der Waals surface area (Å²) in [5.74, 6) is 1.68. The maximum Gasteiger partial charge on any atom is 0.309 e. The maximum absolute atomic E-state index is 11.9. The van der Waals surface area contributed by atoms with Crippen molar-refractivity contribution in [3.05, 3.63) is 22.4 Å². The summed E-state index contributed by atoms with van der Waals surface area (Å²) in [6.45, 7) is 8.48. The molecule has 2 aliphatic heterocycles. The van der Waals surface area contributed by atoms with Crippen molar-refractivity contribution in [2.45, 2.75) is 39.2 Å². The second-order valence-electron chi connectivity index (χ2n) is 7.74. The minimum absolute atomic E-state index is 0.0422. The van der Waals surface area contributed by atoms with Crippen LogP contribution in [0.25, 0.3) is 0 Å². The number of hydrogen-bond donors (Lipinski definition) is 1. The fourth-order valence-corrected chi connectivity index (χ4v) is 4.87. The standard InChI is InChI=1S/C21H34N4O2S/c1-3-27-20(26)18-8-12-25(13-9-18)21(22-2)23-15-17-6-10-24(11-7-17)16-19-5-4-14-28-19/h4-5,14,17-18H,3,6-13,15-16H2,1-2H3,(H,22,23). The minimum Gasteiger partial charge on any atom is -0.466 e. The highest BCUT2D eigenvalue weighted by molar-refractivity contribution is 7.09. The molecule has 3 heterocycles. The lowest BCUT2D eigenvalue weighted by atomic mass is 9.96. The van der Waals surface area contributed by atoms with E-state index in [0.717, 1.165) is 45.0 Å². The first-order valence-corrected chi connectivity index (χ1v) is 11.4. The third-order valence-electron chi connectivity index (χ3n) is 5.84. The summed E-state index contributed by atoms with van der Waals surface area (Å²) < 4.78 is 5.17. The van der Waals surface area contributed by atoms with Gasteiger partial charge in [-0.2, -0.15) is 0 Å². The minimum atomic E-state index is -0.0422. The number of nitrogens with zero attached hydrogens (tertiary/aromatic N) is 3. The SMILES string of the molecule is CCOC(=O)C1CCN(C(=NC)NCC2CCN(Cc3cccs3)CC2)CC1. The van der Waals surface area contributed by atoms with Gasteiger partial charge >= 0.3 is 5.97 Å². The molecule has 0 radical (unpaired) electrons. The van der Waals surface area contributed by atoms with Gasteiger partial charge in [0.2, 0.25) is 0 Å². The molecular weight excluding hydrogens is 372 g/mol. The maximum atomic E-state index is 11.9. The van der Waals surface area contributed by atoms with Crippen molar-refractivity contribution in [3.8, 4) is 0 Å². The number of hydrogen-bond acceptors (Lipinski definition) is 5. The molecule has 0 aromatic carbocycles. The molecule has 6 nitrogen and oxygen atoms in total. The van der Waals surface area contributed by atoms with Crippen LogP contribution in [0, 0.1) is 11.8 Å². The summed E-state index contributed by atoms with van der Waals surface area (Å²) in [4.78, 5) is 22.7. The molecule has 0 unspecified atom stereocenters. The van der Waals surface area contributed by atoms with Crippen LogP contribution in [0.5, 0.6) is 0 Å². The number of nitrogens with one attached hydrogen (secondary N) is 1. The first kappa shape index (κ1) is 21.1. The first-order chi connectivity index (χ1) is 13.7. The van der Waals surface area contributed by atoms with Gasteiger partial charge in [0.25, 0.3) is 0 Å². The molecule has 2 fully saturated rings. The zero-order valence-electron chi connectivity index (χ0n) is 17.2. The van der Waals surface area contributed by atoms with Crippen LogP contribution in [0.4, 0.5) is 0 Å². The van der Waals surface area contributed by atoms with Gasteiger partial charge in [0.1, 0.15) is 0 Å². The monoisotopic (exact) mass is 406 g/mol. The Morgan fingerprint density at radius 3 is 2.61 bits per heavy atom. The lowest BCUT2D eigenvalue weighted by molar-refractivity contribution is -0.149. The van der Waals surface area contributed by atoms with Crippen LogP contribution in [0.2, 0.25) is 0 Å². The molecule has 0 amide bonds. The Bertz CT molecular complexity index is 618. The molecule has 156 valence electrons. The topological polar surface area (TPSA) is 57.2 Å². The normalized spacial score (nSPS) is 20.4. The second-order valence-corrected chi connectivity index (χ2v) is 8.77. The van der Waals surface area contributed by atoms with Gasteiger partial charge in [0.05, 0.1) is 12.5 Å². The Morgan fingerprint density at radius 2 is 2.00 bits per heavy atom. The fourth-order valence-electron chi connectivity index (χ4n) is 4.13. The molecule has 7 heteroatoms. The highest BCUT2D eigenvalue weighted by Gasteiger charge is 2.28. The number of esters is 1. The van der Waals surface area contributed by atoms with Crippen LogP contribution in [0.3, 0.4) is 0 Å². The van der Waals surface area contributed by atoms with Crippen molar-refractivity contribution in [1.29, 1.82) is 0 Å². The molecule has 1 aromatic rings. The highest BCUT2D eigenvalue weighted by Crippen LogP contribution is 2.21. The van der Waals surface area contributed by atoms with Crippen molar-refractivity contribution in [2.24, 2.45) is 16.8 Å². The van der Waals surface area contributed by atoms with E-state index in [1.165, 1.54) is 30.8 Å². The summed E-state index contributed by atoms with van der Waals surface area (Å²) in [6, 6.07) is 4.37. The number of aliphatic imine (C=N–C) groups is 1. The number of carbonyl (C=O) groups is 1. The van der Waals surface area contributed by atoms with Crippen molar-refractivity contribution in [2.75, 3.05) is 46.4 Å². The molecule has 2 saturated heterocycles. The van der Waals surface area contributed by atoms with Gasteiger partial charge in [0, 0.05) is 38.1 Å². The molecule has 0 saturated carbocycles. The van der Waals surface area contributed by atoms with Crippen LogP contribution in [-0.4, -0.2) is 68.1 Å². The van der Waals surface area contributed by atoms with Crippen molar-refractivity contribution in [3.63, 3.8) is 0 Å². The van der Waals surface area contributed by atoms with Gasteiger partial charge < -0.3 is 15.0 Å². The first-order valence-electron chi connectivity index (χ1n) is 10.6. The fraction of sp³-hybridized carbons (Fsp3) is 0.714. The summed E-state index contributed by atoms with van der Waals surface area (Å²) in [5, 5.41) is 5.74. The summed E-state index contributed by atoms with van der Waals surface area (Å²) >= 11 is 1.85. The van der Waals surface area contributed by atoms with Gasteiger partial charge in [-0.25, -0.2) is 0 Å². The van der Waals surface area contributed by atoms with Gasteiger partial charge in [-0.3, -0.25) is 14.7 Å². The average Bonchev–Trinajstić information content (AvgIpc) is 3.23. The third kappa shape index (κ3) is 5.95. The van der Waals surface area contributed by atoms with Crippen molar-refractivity contribution < 1.29 is 9.53 Å². The van der Waals surface area contributed by atoms with E-state index < -0.39 is 0 Å². The Hall–Kier alpha value is -1.60. The quantitative estimate of drug-likeness (QED) is 0.447. The molecule has 1 N–H and O–H groups in total. The lowest BCUT2D eigenvalue weighted by Crippen LogP contribution is -2.48. The van der Waals surface area contributed by atoms with E-state index in [9.17, 15) is 4.79 Å². The van der Waals surface area contributed by atoms with Crippen LogP contribution >= 0.6 is 11.3 Å². The zero-order chi connectivity index (χ0) is 19.8. The summed E-state index contributed by atoms with van der Waals surface area (Å²) in [6.07, 6.45) is 4.17. The zero-order valence-corrected chi connectivity index (χ0v) is 18.0. The smallest absolute Gasteiger partial charge is 0.309 e. The van der Waals surface area contributed by atoms with Crippen LogP contribution < -0.4 is 5.32 Å². The molecule has 3 rings (SSSR count). The van der Waals surface area contributed by atoms with E-state index in [4.69, 9.17) is 4.74 Å². The molecular formula is C21H34N4O2S. The summed E-state index contributed by atoms with van der Waals surface area (Å²) in [7, 11) is 1.85. The number of ether oxygens (including phenoxy) is 1. The number of rotatable bonds is 6. The van der Waals surface area contributed by atoms with E-state index in [-0.39, 0.29) is 11.9 Å². The van der Waals surface area contributed by atoms with E-state index in [2.05, 4.69) is 37.6 Å². The number of likely N-dealkylation sites (tertiary alicyclic amines) is 2. The molecule has 28 heavy (non-hydrogen) atoms. The highest BCUT2D eigenvalue weighted by atomic mass is 32.1. The number of guanidine groups is 1. The molecule has 0 spiro atoms. The molecule has 2 aliphatic rings. The molecule has 1 aromatic heterocycles. The predicted molar refractivity (Wildman–Crippen MR) is 115 cm³/mol. The van der Waals surface area contributed by atoms with Crippen molar-refractivity contribution >= 4 is 23.3 Å². The Kier molecular flexibility index (Phi) is 8.15. The Morgan fingerprint density at radius 1 is 1.25 bits per heavy atom. The molecule has 0 bridgehead atoms. The number of thiophene rings is 1. The average molecular weight is 407 g/mol. The van der Waals surface area contributed by atoms with E-state index >= 15 is 0 Å². The molecule has 0 aliphatic carbocycles. The summed E-state index contributed by atoms with van der Waals surface area (Å²) in [5.41, 5.74) is 0. The van der Waals surface area contributed by atoms with Crippen LogP contribution in [-0.2, 0) is 16.1 Å². The third-order valence-corrected chi connectivity index (χ3v) is 6.70. The largest absolute Gasteiger partial charge is 0.466 e. The number of carbonyl (C=O) groups excluding carboxylic acids is 1. The van der Waals surface area contributed by atoms with E-state index in [1.54, 1.807) is 0 Å². The Balaban J connectivity index is 1.36. The van der Waals surface area contributed by atoms with Gasteiger partial charge in [-0.15, -0.1) is 11.3 Å². The van der Waals surface area contributed by atoms with Gasteiger partial charge in [-0.05, 0) is 63.1 Å². The lowest BCUT2D eigenvalue weighted by Gasteiger charge is -2.35. The van der Waals surface area contributed by atoms with Crippen LogP contribution in [0.15, 0.2) is 22.5 Å².